The molecule has 0 bridgehead atoms. The van der Waals surface area contributed by atoms with Crippen molar-refractivity contribution in [2.45, 2.75) is 6.92 Å². The molecule has 0 aliphatic heterocycles. The average Bonchev–Trinajstić information content (AvgIpc) is 2.47. The molecule has 1 heterocycles. The molecule has 0 saturated carbocycles. The largest absolute Gasteiger partial charge is 0.477 e. The maximum atomic E-state index is 11.0. The van der Waals surface area contributed by atoms with Crippen LogP contribution in [0.3, 0.4) is 0 Å². The molecule has 0 fully saturated rings. The van der Waals surface area contributed by atoms with Crippen LogP contribution in [-0.4, -0.2) is 21.0 Å². The summed E-state index contributed by atoms with van der Waals surface area (Å²) in [6.45, 7) is 1.70. The standard InChI is InChI=1S/C16H12N2O3/c1-10-9-13(15(19)20)18-16(17-10)21-14-8-4-6-11-5-2-3-7-12(11)14/h2-9H,1H3,(H,19,20). The molecule has 5 heteroatoms. The highest BCUT2D eigenvalue weighted by molar-refractivity contribution is 5.88. The third-order valence-corrected chi connectivity index (χ3v) is 3.00. The number of benzene rings is 2. The first-order chi connectivity index (χ1) is 10.1. The molecule has 2 aromatic carbocycles. The summed E-state index contributed by atoms with van der Waals surface area (Å²) in [4.78, 5) is 19.0. The van der Waals surface area contributed by atoms with Gasteiger partial charge in [-0.1, -0.05) is 36.4 Å². The number of rotatable bonds is 3. The number of aryl methyl sites for hydroxylation is 1. The number of carboxylic acid groups (broad SMARTS) is 1. The summed E-state index contributed by atoms with van der Waals surface area (Å²) in [7, 11) is 0. The van der Waals surface area contributed by atoms with Crippen LogP contribution >= 0.6 is 0 Å². The second-order valence-corrected chi connectivity index (χ2v) is 4.56. The maximum Gasteiger partial charge on any atom is 0.354 e. The predicted molar refractivity (Wildman–Crippen MR) is 77.8 cm³/mol. The van der Waals surface area contributed by atoms with Crippen molar-refractivity contribution < 1.29 is 14.6 Å². The summed E-state index contributed by atoms with van der Waals surface area (Å²) in [5.74, 6) is -0.515. The zero-order chi connectivity index (χ0) is 14.8. The lowest BCUT2D eigenvalue weighted by Crippen LogP contribution is -2.04. The number of aromatic nitrogens is 2. The van der Waals surface area contributed by atoms with Crippen LogP contribution in [0.1, 0.15) is 16.2 Å². The summed E-state index contributed by atoms with van der Waals surface area (Å²) in [6, 6.07) is 14.8. The number of ether oxygens (including phenoxy) is 1. The van der Waals surface area contributed by atoms with Crippen molar-refractivity contribution in [3.63, 3.8) is 0 Å². The van der Waals surface area contributed by atoms with Gasteiger partial charge >= 0.3 is 12.0 Å². The van der Waals surface area contributed by atoms with Crippen molar-refractivity contribution >= 4 is 16.7 Å². The molecule has 1 aromatic heterocycles. The second kappa shape index (κ2) is 5.20. The first-order valence-electron chi connectivity index (χ1n) is 6.38. The van der Waals surface area contributed by atoms with Gasteiger partial charge in [0.1, 0.15) is 5.75 Å². The lowest BCUT2D eigenvalue weighted by molar-refractivity contribution is 0.0689. The molecule has 0 aliphatic rings. The van der Waals surface area contributed by atoms with Gasteiger partial charge in [-0.2, -0.15) is 4.98 Å². The van der Waals surface area contributed by atoms with Gasteiger partial charge in [0.25, 0.3) is 0 Å². The fraction of sp³-hybridized carbons (Fsp3) is 0.0625. The smallest absolute Gasteiger partial charge is 0.354 e. The molecule has 21 heavy (non-hydrogen) atoms. The first kappa shape index (κ1) is 13.1. The van der Waals surface area contributed by atoms with Crippen molar-refractivity contribution in [2.24, 2.45) is 0 Å². The van der Waals surface area contributed by atoms with Crippen LogP contribution in [0.25, 0.3) is 10.8 Å². The quantitative estimate of drug-likeness (QED) is 0.795. The number of fused-ring (bicyclic) bond motifs is 1. The zero-order valence-corrected chi connectivity index (χ0v) is 11.3. The normalized spacial score (nSPS) is 10.5. The fourth-order valence-corrected chi connectivity index (χ4v) is 2.08. The molecule has 3 rings (SSSR count). The number of nitrogens with zero attached hydrogens (tertiary/aromatic N) is 2. The van der Waals surface area contributed by atoms with E-state index in [0.29, 0.717) is 11.4 Å². The van der Waals surface area contributed by atoms with Gasteiger partial charge in [0.2, 0.25) is 0 Å². The summed E-state index contributed by atoms with van der Waals surface area (Å²) in [5, 5.41) is 11.0. The van der Waals surface area contributed by atoms with Crippen LogP contribution in [0.15, 0.2) is 48.5 Å². The van der Waals surface area contributed by atoms with E-state index in [4.69, 9.17) is 9.84 Å². The van der Waals surface area contributed by atoms with Crippen molar-refractivity contribution in [1.29, 1.82) is 0 Å². The third-order valence-electron chi connectivity index (χ3n) is 3.00. The number of carbonyl (C=O) groups is 1. The van der Waals surface area contributed by atoms with Crippen LogP contribution < -0.4 is 4.74 Å². The van der Waals surface area contributed by atoms with E-state index in [2.05, 4.69) is 9.97 Å². The Morgan fingerprint density at radius 1 is 1.10 bits per heavy atom. The molecule has 0 spiro atoms. The number of hydrogen-bond acceptors (Lipinski definition) is 4. The molecule has 0 atom stereocenters. The third kappa shape index (κ3) is 2.67. The van der Waals surface area contributed by atoms with E-state index in [1.165, 1.54) is 6.07 Å². The molecular formula is C16H12N2O3. The summed E-state index contributed by atoms with van der Waals surface area (Å²) >= 11 is 0. The van der Waals surface area contributed by atoms with Gasteiger partial charge in [0.05, 0.1) is 0 Å². The Kier molecular flexibility index (Phi) is 3.23. The Morgan fingerprint density at radius 3 is 2.67 bits per heavy atom. The average molecular weight is 280 g/mol. The van der Waals surface area contributed by atoms with E-state index in [1.54, 1.807) is 13.0 Å². The molecule has 0 unspecified atom stereocenters. The molecule has 0 saturated heterocycles. The molecule has 1 N–H and O–H groups in total. The number of aromatic carboxylic acids is 1. The Bertz CT molecular complexity index is 825. The van der Waals surface area contributed by atoms with Gasteiger partial charge in [-0.05, 0) is 24.4 Å². The van der Waals surface area contributed by atoms with Gasteiger partial charge in [0, 0.05) is 11.1 Å². The topological polar surface area (TPSA) is 72.3 Å². The predicted octanol–water partition coefficient (Wildman–Crippen LogP) is 3.43. The van der Waals surface area contributed by atoms with Crippen molar-refractivity contribution in [1.82, 2.24) is 9.97 Å². The van der Waals surface area contributed by atoms with E-state index < -0.39 is 5.97 Å². The Balaban J connectivity index is 2.05. The number of hydrogen-bond donors (Lipinski definition) is 1. The number of carboxylic acids is 1. The van der Waals surface area contributed by atoms with Gasteiger partial charge in [-0.3, -0.25) is 0 Å². The lowest BCUT2D eigenvalue weighted by Gasteiger charge is -2.08. The Labute approximate surface area is 120 Å². The van der Waals surface area contributed by atoms with Gasteiger partial charge in [-0.15, -0.1) is 0 Å². The van der Waals surface area contributed by atoms with Crippen molar-refractivity contribution in [3.8, 4) is 11.8 Å². The summed E-state index contributed by atoms with van der Waals surface area (Å²) in [6.07, 6.45) is 0. The lowest BCUT2D eigenvalue weighted by atomic mass is 10.1. The first-order valence-corrected chi connectivity index (χ1v) is 6.38. The van der Waals surface area contributed by atoms with Crippen LogP contribution in [0.2, 0.25) is 0 Å². The molecule has 0 radical (unpaired) electrons. The summed E-state index contributed by atoms with van der Waals surface area (Å²) in [5.41, 5.74) is 0.454. The summed E-state index contributed by atoms with van der Waals surface area (Å²) < 4.78 is 5.68. The molecule has 0 aliphatic carbocycles. The fourth-order valence-electron chi connectivity index (χ4n) is 2.08. The van der Waals surface area contributed by atoms with E-state index in [0.717, 1.165) is 10.8 Å². The van der Waals surface area contributed by atoms with Crippen LogP contribution in [-0.2, 0) is 0 Å². The zero-order valence-electron chi connectivity index (χ0n) is 11.3. The van der Waals surface area contributed by atoms with Gasteiger partial charge in [0.15, 0.2) is 5.69 Å². The van der Waals surface area contributed by atoms with Crippen LogP contribution in [0.4, 0.5) is 0 Å². The van der Waals surface area contributed by atoms with E-state index in [1.807, 2.05) is 36.4 Å². The van der Waals surface area contributed by atoms with Crippen LogP contribution in [0, 0.1) is 6.92 Å². The molecule has 5 nitrogen and oxygen atoms in total. The maximum absolute atomic E-state index is 11.0. The Hall–Kier alpha value is -2.95. The van der Waals surface area contributed by atoms with E-state index in [-0.39, 0.29) is 11.7 Å². The second-order valence-electron chi connectivity index (χ2n) is 4.56. The molecule has 0 amide bonds. The van der Waals surface area contributed by atoms with E-state index in [9.17, 15) is 4.79 Å². The Morgan fingerprint density at radius 2 is 1.86 bits per heavy atom. The van der Waals surface area contributed by atoms with Gasteiger partial charge in [-0.25, -0.2) is 9.78 Å². The van der Waals surface area contributed by atoms with Crippen LogP contribution in [0.5, 0.6) is 11.8 Å². The monoisotopic (exact) mass is 280 g/mol. The minimum absolute atomic E-state index is 0.0313. The van der Waals surface area contributed by atoms with E-state index >= 15 is 0 Å². The van der Waals surface area contributed by atoms with Gasteiger partial charge < -0.3 is 9.84 Å². The van der Waals surface area contributed by atoms with Crippen molar-refractivity contribution in [2.75, 3.05) is 0 Å². The highest BCUT2D eigenvalue weighted by atomic mass is 16.5. The molecular weight excluding hydrogens is 268 g/mol. The van der Waals surface area contributed by atoms with Crippen molar-refractivity contribution in [3.05, 3.63) is 59.9 Å². The minimum atomic E-state index is -1.11. The highest BCUT2D eigenvalue weighted by Crippen LogP contribution is 2.28. The molecule has 104 valence electrons. The SMILES string of the molecule is Cc1cc(C(=O)O)nc(Oc2cccc3ccccc23)n1. The minimum Gasteiger partial charge on any atom is -0.477 e. The molecule has 3 aromatic rings. The highest BCUT2D eigenvalue weighted by Gasteiger charge is 2.11.